The largest absolute Gasteiger partial charge is 0.493 e. The number of rotatable bonds is 6. The highest BCUT2D eigenvalue weighted by molar-refractivity contribution is 5.82. The molecule has 27 heavy (non-hydrogen) atoms. The van der Waals surface area contributed by atoms with E-state index in [0.29, 0.717) is 34.8 Å². The molecular formula is C19H20N4O4. The number of carbonyl (C=O) groups excluding carboxylic acids is 1. The first-order chi connectivity index (χ1) is 13.0. The molecule has 0 spiro atoms. The zero-order chi connectivity index (χ0) is 19.4. The molecule has 8 nitrogen and oxygen atoms in total. The van der Waals surface area contributed by atoms with Crippen molar-refractivity contribution in [3.8, 4) is 11.5 Å². The summed E-state index contributed by atoms with van der Waals surface area (Å²) in [6.45, 7) is 1.85. The SMILES string of the molecule is COc1cc2nc(C)n(CC(=O)NCc3ccccn3)c(=O)c2cc1OC. The Balaban J connectivity index is 1.87. The van der Waals surface area contributed by atoms with Crippen molar-refractivity contribution < 1.29 is 14.3 Å². The van der Waals surface area contributed by atoms with Crippen LogP contribution in [0.5, 0.6) is 11.5 Å². The number of hydrogen-bond donors (Lipinski definition) is 1. The third-order valence-electron chi connectivity index (χ3n) is 4.14. The predicted octanol–water partition coefficient (Wildman–Crippen LogP) is 1.43. The highest BCUT2D eigenvalue weighted by atomic mass is 16.5. The molecule has 8 heteroatoms. The average Bonchev–Trinajstić information content (AvgIpc) is 2.69. The van der Waals surface area contributed by atoms with Crippen LogP contribution in [0.3, 0.4) is 0 Å². The van der Waals surface area contributed by atoms with Crippen molar-refractivity contribution in [2.45, 2.75) is 20.0 Å². The van der Waals surface area contributed by atoms with Crippen LogP contribution in [0.2, 0.25) is 0 Å². The number of fused-ring (bicyclic) bond motifs is 1. The van der Waals surface area contributed by atoms with Gasteiger partial charge < -0.3 is 14.8 Å². The monoisotopic (exact) mass is 368 g/mol. The van der Waals surface area contributed by atoms with Crippen LogP contribution in [0.15, 0.2) is 41.3 Å². The first kappa shape index (κ1) is 18.4. The van der Waals surface area contributed by atoms with Crippen LogP contribution in [-0.2, 0) is 17.9 Å². The lowest BCUT2D eigenvalue weighted by Crippen LogP contribution is -2.33. The third-order valence-corrected chi connectivity index (χ3v) is 4.14. The first-order valence-electron chi connectivity index (χ1n) is 8.33. The fourth-order valence-corrected chi connectivity index (χ4v) is 2.74. The van der Waals surface area contributed by atoms with Crippen molar-refractivity contribution in [2.75, 3.05) is 14.2 Å². The topological polar surface area (TPSA) is 95.3 Å². The van der Waals surface area contributed by atoms with Gasteiger partial charge in [-0.1, -0.05) is 6.07 Å². The molecule has 0 unspecified atom stereocenters. The summed E-state index contributed by atoms with van der Waals surface area (Å²) in [5, 5.41) is 3.11. The molecule has 140 valence electrons. The Morgan fingerprint density at radius 2 is 1.93 bits per heavy atom. The molecule has 0 saturated heterocycles. The number of aryl methyl sites for hydroxylation is 1. The van der Waals surface area contributed by atoms with Crippen LogP contribution in [0.1, 0.15) is 11.5 Å². The van der Waals surface area contributed by atoms with Gasteiger partial charge in [-0.25, -0.2) is 4.98 Å². The molecule has 0 atom stereocenters. The van der Waals surface area contributed by atoms with Crippen molar-refractivity contribution in [1.82, 2.24) is 19.9 Å². The Labute approximate surface area is 155 Å². The molecule has 0 fully saturated rings. The molecule has 2 heterocycles. The summed E-state index contributed by atoms with van der Waals surface area (Å²) in [5.41, 5.74) is 0.912. The Morgan fingerprint density at radius 1 is 1.19 bits per heavy atom. The van der Waals surface area contributed by atoms with Crippen molar-refractivity contribution >= 4 is 16.8 Å². The number of pyridine rings is 1. The number of nitrogens with zero attached hydrogens (tertiary/aromatic N) is 3. The van der Waals surface area contributed by atoms with Gasteiger partial charge in [0.05, 0.1) is 37.4 Å². The van der Waals surface area contributed by atoms with Crippen LogP contribution in [-0.4, -0.2) is 34.7 Å². The zero-order valence-electron chi connectivity index (χ0n) is 15.4. The quantitative estimate of drug-likeness (QED) is 0.707. The van der Waals surface area contributed by atoms with E-state index in [1.165, 1.54) is 18.8 Å². The summed E-state index contributed by atoms with van der Waals surface area (Å²) >= 11 is 0. The summed E-state index contributed by atoms with van der Waals surface area (Å²) < 4.78 is 11.8. The minimum atomic E-state index is -0.313. The number of hydrogen-bond acceptors (Lipinski definition) is 6. The molecule has 1 amide bonds. The van der Waals surface area contributed by atoms with Gasteiger partial charge in [0.15, 0.2) is 11.5 Å². The van der Waals surface area contributed by atoms with E-state index in [1.807, 2.05) is 12.1 Å². The van der Waals surface area contributed by atoms with Gasteiger partial charge in [0.2, 0.25) is 5.91 Å². The molecule has 0 aliphatic carbocycles. The number of carbonyl (C=O) groups is 1. The Morgan fingerprint density at radius 3 is 2.59 bits per heavy atom. The van der Waals surface area contributed by atoms with Gasteiger partial charge in [0.25, 0.3) is 5.56 Å². The van der Waals surface area contributed by atoms with Crippen molar-refractivity contribution in [3.05, 3.63) is 58.4 Å². The van der Waals surface area contributed by atoms with Gasteiger partial charge in [0, 0.05) is 12.3 Å². The van der Waals surface area contributed by atoms with Gasteiger partial charge in [0.1, 0.15) is 12.4 Å². The lowest BCUT2D eigenvalue weighted by atomic mass is 10.2. The van der Waals surface area contributed by atoms with Gasteiger partial charge >= 0.3 is 0 Å². The average molecular weight is 368 g/mol. The molecular weight excluding hydrogens is 348 g/mol. The fraction of sp³-hybridized carbons (Fsp3) is 0.263. The van der Waals surface area contributed by atoms with E-state index in [1.54, 1.807) is 31.3 Å². The lowest BCUT2D eigenvalue weighted by Gasteiger charge is -2.13. The molecule has 3 rings (SSSR count). The van der Waals surface area contributed by atoms with Crippen molar-refractivity contribution in [1.29, 1.82) is 0 Å². The number of aromatic nitrogens is 3. The highest BCUT2D eigenvalue weighted by Gasteiger charge is 2.15. The Bertz CT molecular complexity index is 1030. The Hall–Kier alpha value is -3.42. The van der Waals surface area contributed by atoms with Gasteiger partial charge in [-0.3, -0.25) is 19.1 Å². The summed E-state index contributed by atoms with van der Waals surface area (Å²) in [6, 6.07) is 8.69. The maximum Gasteiger partial charge on any atom is 0.262 e. The van der Waals surface area contributed by atoms with E-state index >= 15 is 0 Å². The molecule has 0 aliphatic rings. The van der Waals surface area contributed by atoms with E-state index < -0.39 is 0 Å². The molecule has 0 bridgehead atoms. The van der Waals surface area contributed by atoms with Crippen LogP contribution in [0.25, 0.3) is 10.9 Å². The minimum Gasteiger partial charge on any atom is -0.493 e. The number of ether oxygens (including phenoxy) is 2. The van der Waals surface area contributed by atoms with E-state index in [4.69, 9.17) is 9.47 Å². The van der Waals surface area contributed by atoms with Gasteiger partial charge in [-0.2, -0.15) is 0 Å². The number of benzene rings is 1. The molecule has 0 aliphatic heterocycles. The molecule has 2 aromatic heterocycles. The van der Waals surface area contributed by atoms with Gasteiger partial charge in [-0.15, -0.1) is 0 Å². The van der Waals surface area contributed by atoms with Crippen molar-refractivity contribution in [2.24, 2.45) is 0 Å². The standard InChI is InChI=1S/C19H20N4O4/c1-12-22-15-9-17(27-3)16(26-2)8-14(15)19(25)23(12)11-18(24)21-10-13-6-4-5-7-20-13/h4-9H,10-11H2,1-3H3,(H,21,24). The van der Waals surface area contributed by atoms with Crippen LogP contribution in [0.4, 0.5) is 0 Å². The number of nitrogens with one attached hydrogen (secondary N) is 1. The van der Waals surface area contributed by atoms with Gasteiger partial charge in [-0.05, 0) is 25.1 Å². The highest BCUT2D eigenvalue weighted by Crippen LogP contribution is 2.30. The lowest BCUT2D eigenvalue weighted by molar-refractivity contribution is -0.121. The summed E-state index contributed by atoms with van der Waals surface area (Å²) in [5.74, 6) is 1.06. The number of methoxy groups -OCH3 is 2. The van der Waals surface area contributed by atoms with E-state index in [2.05, 4.69) is 15.3 Å². The van der Waals surface area contributed by atoms with Crippen molar-refractivity contribution in [3.63, 3.8) is 0 Å². The smallest absolute Gasteiger partial charge is 0.262 e. The van der Waals surface area contributed by atoms with Crippen LogP contribution < -0.4 is 20.3 Å². The summed E-state index contributed by atoms with van der Waals surface area (Å²) in [6.07, 6.45) is 1.66. The predicted molar refractivity (Wildman–Crippen MR) is 99.9 cm³/mol. The van der Waals surface area contributed by atoms with Crippen LogP contribution >= 0.6 is 0 Å². The first-order valence-corrected chi connectivity index (χ1v) is 8.33. The maximum absolute atomic E-state index is 12.9. The second-order valence-electron chi connectivity index (χ2n) is 5.87. The summed E-state index contributed by atoms with van der Waals surface area (Å²) in [7, 11) is 3.01. The molecule has 1 N–H and O–H groups in total. The summed E-state index contributed by atoms with van der Waals surface area (Å²) in [4.78, 5) is 33.7. The second-order valence-corrected chi connectivity index (χ2v) is 5.87. The molecule has 0 radical (unpaired) electrons. The molecule has 3 aromatic rings. The zero-order valence-corrected chi connectivity index (χ0v) is 15.4. The minimum absolute atomic E-state index is 0.130. The second kappa shape index (κ2) is 7.86. The van der Waals surface area contributed by atoms with E-state index in [-0.39, 0.29) is 18.0 Å². The van der Waals surface area contributed by atoms with E-state index in [9.17, 15) is 9.59 Å². The Kier molecular flexibility index (Phi) is 5.35. The fourth-order valence-electron chi connectivity index (χ4n) is 2.74. The number of amides is 1. The molecule has 0 saturated carbocycles. The van der Waals surface area contributed by atoms with E-state index in [0.717, 1.165) is 5.69 Å². The normalized spacial score (nSPS) is 10.6. The molecule has 1 aromatic carbocycles. The third kappa shape index (κ3) is 3.89. The van der Waals surface area contributed by atoms with Crippen LogP contribution in [0, 0.1) is 6.92 Å². The maximum atomic E-state index is 12.9.